The van der Waals surface area contributed by atoms with E-state index < -0.39 is 0 Å². The molecule has 1 spiro atoms. The Kier molecular flexibility index (Phi) is 2.73. The van der Waals surface area contributed by atoms with E-state index in [0.717, 1.165) is 25.4 Å². The second-order valence-corrected chi connectivity index (χ2v) is 6.37. The molecule has 4 nitrogen and oxygen atoms in total. The molecule has 2 aliphatic heterocycles. The van der Waals surface area contributed by atoms with Crippen LogP contribution in [0.25, 0.3) is 0 Å². The van der Waals surface area contributed by atoms with Crippen molar-refractivity contribution in [2.24, 2.45) is 11.3 Å². The Labute approximate surface area is 108 Å². The van der Waals surface area contributed by atoms with Crippen LogP contribution < -0.4 is 5.32 Å². The third-order valence-electron chi connectivity index (χ3n) is 5.02. The number of imide groups is 1. The number of nitrogens with zero attached hydrogens (tertiary/aromatic N) is 1. The number of piperidine rings is 1. The number of hydrogen-bond donors (Lipinski definition) is 1. The minimum Gasteiger partial charge on any atom is -0.297 e. The minimum absolute atomic E-state index is 0.0152. The zero-order chi connectivity index (χ0) is 12.9. The van der Waals surface area contributed by atoms with Gasteiger partial charge in [-0.25, -0.2) is 0 Å². The molecule has 1 saturated carbocycles. The lowest BCUT2D eigenvalue weighted by Gasteiger charge is -2.39. The van der Waals surface area contributed by atoms with Crippen LogP contribution in [0.2, 0.25) is 0 Å². The molecule has 0 aromatic carbocycles. The van der Waals surface area contributed by atoms with Crippen molar-refractivity contribution in [3.05, 3.63) is 0 Å². The third-order valence-corrected chi connectivity index (χ3v) is 5.02. The molecule has 3 fully saturated rings. The molecule has 0 aromatic rings. The fourth-order valence-electron chi connectivity index (χ4n) is 4.17. The van der Waals surface area contributed by atoms with Crippen molar-refractivity contribution >= 4 is 11.8 Å². The van der Waals surface area contributed by atoms with Crippen LogP contribution in [0, 0.1) is 11.3 Å². The van der Waals surface area contributed by atoms with Gasteiger partial charge in [0, 0.05) is 36.4 Å². The van der Waals surface area contributed by atoms with Crippen LogP contribution in [-0.2, 0) is 9.59 Å². The van der Waals surface area contributed by atoms with Gasteiger partial charge in [-0.15, -0.1) is 0 Å². The maximum absolute atomic E-state index is 12.0. The number of rotatable bonds is 2. The van der Waals surface area contributed by atoms with Crippen molar-refractivity contribution in [3.8, 4) is 0 Å². The first kappa shape index (κ1) is 12.2. The first-order valence-electron chi connectivity index (χ1n) is 7.15. The molecule has 1 N–H and O–H groups in total. The Balaban J connectivity index is 1.87. The second kappa shape index (κ2) is 4.05. The van der Waals surface area contributed by atoms with Crippen molar-refractivity contribution in [3.63, 3.8) is 0 Å². The molecule has 0 bridgehead atoms. The van der Waals surface area contributed by atoms with Gasteiger partial charge in [-0.3, -0.25) is 19.8 Å². The highest BCUT2D eigenvalue weighted by Gasteiger charge is 2.55. The highest BCUT2D eigenvalue weighted by molar-refractivity contribution is 5.99. The smallest absolute Gasteiger partial charge is 0.230 e. The van der Waals surface area contributed by atoms with E-state index in [2.05, 4.69) is 24.1 Å². The lowest BCUT2D eigenvalue weighted by atomic mass is 9.67. The maximum atomic E-state index is 12.0. The molecule has 4 heteroatoms. The summed E-state index contributed by atoms with van der Waals surface area (Å²) in [5.41, 5.74) is -0.0871. The highest BCUT2D eigenvalue weighted by Crippen LogP contribution is 2.49. The standard InChI is InChI=1S/C14H22N2O2/c1-3-11-13(18)15-12(17)7-14(11)6-9(2)16(8-14)10-4-5-10/h9-11H,3-8H2,1-2H3,(H,15,17,18). The Morgan fingerprint density at radius 1 is 1.39 bits per heavy atom. The third kappa shape index (κ3) is 1.78. The van der Waals surface area contributed by atoms with E-state index in [-0.39, 0.29) is 23.1 Å². The summed E-state index contributed by atoms with van der Waals surface area (Å²) in [5, 5.41) is 2.51. The second-order valence-electron chi connectivity index (χ2n) is 6.37. The number of likely N-dealkylation sites (tertiary alicyclic amines) is 1. The summed E-state index contributed by atoms with van der Waals surface area (Å²) in [5.74, 6) is -0.102. The van der Waals surface area contributed by atoms with Crippen molar-refractivity contribution < 1.29 is 9.59 Å². The Morgan fingerprint density at radius 3 is 2.72 bits per heavy atom. The zero-order valence-electron chi connectivity index (χ0n) is 11.2. The molecule has 2 amide bonds. The van der Waals surface area contributed by atoms with Gasteiger partial charge in [-0.2, -0.15) is 0 Å². The van der Waals surface area contributed by atoms with Gasteiger partial charge in [0.05, 0.1) is 0 Å². The molecule has 3 rings (SSSR count). The number of nitrogens with one attached hydrogen (secondary N) is 1. The number of amides is 2. The Bertz CT molecular complexity index is 391. The summed E-state index contributed by atoms with van der Waals surface area (Å²) in [7, 11) is 0. The summed E-state index contributed by atoms with van der Waals surface area (Å²) >= 11 is 0. The van der Waals surface area contributed by atoms with Gasteiger partial charge >= 0.3 is 0 Å². The molecule has 100 valence electrons. The van der Waals surface area contributed by atoms with Crippen LogP contribution in [0.5, 0.6) is 0 Å². The predicted octanol–water partition coefficient (Wildman–Crippen LogP) is 1.30. The molecular formula is C14H22N2O2. The van der Waals surface area contributed by atoms with Crippen LogP contribution in [0.15, 0.2) is 0 Å². The topological polar surface area (TPSA) is 49.4 Å². The van der Waals surface area contributed by atoms with E-state index in [1.165, 1.54) is 12.8 Å². The molecule has 0 radical (unpaired) electrons. The summed E-state index contributed by atoms with van der Waals surface area (Å²) < 4.78 is 0. The van der Waals surface area contributed by atoms with E-state index in [0.29, 0.717) is 12.5 Å². The number of hydrogen-bond acceptors (Lipinski definition) is 3. The summed E-state index contributed by atoms with van der Waals surface area (Å²) in [4.78, 5) is 26.3. The molecule has 1 aliphatic carbocycles. The fourth-order valence-corrected chi connectivity index (χ4v) is 4.17. The lowest BCUT2D eigenvalue weighted by Crippen LogP contribution is -2.53. The molecule has 2 saturated heterocycles. The van der Waals surface area contributed by atoms with Gasteiger partial charge in [-0.05, 0) is 32.6 Å². The lowest BCUT2D eigenvalue weighted by molar-refractivity contribution is -0.143. The van der Waals surface area contributed by atoms with Crippen LogP contribution in [0.4, 0.5) is 0 Å². The van der Waals surface area contributed by atoms with E-state index in [1.54, 1.807) is 0 Å². The highest BCUT2D eigenvalue weighted by atomic mass is 16.2. The average Bonchev–Trinajstić information content (AvgIpc) is 3.05. The normalized spacial score (nSPS) is 41.4. The Morgan fingerprint density at radius 2 is 2.11 bits per heavy atom. The first-order chi connectivity index (χ1) is 8.55. The van der Waals surface area contributed by atoms with Gasteiger partial charge in [0.2, 0.25) is 11.8 Å². The molecule has 0 aromatic heterocycles. The van der Waals surface area contributed by atoms with Gasteiger partial charge in [-0.1, -0.05) is 6.92 Å². The zero-order valence-corrected chi connectivity index (χ0v) is 11.2. The van der Waals surface area contributed by atoms with Gasteiger partial charge in [0.1, 0.15) is 0 Å². The molecular weight excluding hydrogens is 228 g/mol. The number of carbonyl (C=O) groups excluding carboxylic acids is 2. The number of carbonyl (C=O) groups is 2. The maximum Gasteiger partial charge on any atom is 0.230 e. The summed E-state index contributed by atoms with van der Waals surface area (Å²) in [6, 6.07) is 1.24. The monoisotopic (exact) mass is 250 g/mol. The van der Waals surface area contributed by atoms with Crippen molar-refractivity contribution in [1.82, 2.24) is 10.2 Å². The SMILES string of the molecule is CCC1C(=O)NC(=O)CC12CC(C)N(C1CC1)C2. The van der Waals surface area contributed by atoms with E-state index in [4.69, 9.17) is 0 Å². The van der Waals surface area contributed by atoms with Gasteiger partial charge in [0.25, 0.3) is 0 Å². The van der Waals surface area contributed by atoms with E-state index in [9.17, 15) is 9.59 Å². The molecule has 18 heavy (non-hydrogen) atoms. The van der Waals surface area contributed by atoms with Crippen LogP contribution in [0.1, 0.15) is 46.0 Å². The van der Waals surface area contributed by atoms with Crippen molar-refractivity contribution in [1.29, 1.82) is 0 Å². The predicted molar refractivity (Wildman–Crippen MR) is 67.8 cm³/mol. The van der Waals surface area contributed by atoms with Crippen molar-refractivity contribution in [2.75, 3.05) is 6.54 Å². The molecule has 3 atom stereocenters. The van der Waals surface area contributed by atoms with Gasteiger partial charge in [0.15, 0.2) is 0 Å². The van der Waals surface area contributed by atoms with Gasteiger partial charge < -0.3 is 0 Å². The minimum atomic E-state index is -0.0871. The molecule has 2 heterocycles. The average molecular weight is 250 g/mol. The fraction of sp³-hybridized carbons (Fsp3) is 0.857. The summed E-state index contributed by atoms with van der Waals surface area (Å²) in [6.07, 6.45) is 4.95. The van der Waals surface area contributed by atoms with Crippen LogP contribution in [0.3, 0.4) is 0 Å². The van der Waals surface area contributed by atoms with Crippen molar-refractivity contribution in [2.45, 2.75) is 58.0 Å². The van der Waals surface area contributed by atoms with Crippen LogP contribution >= 0.6 is 0 Å². The summed E-state index contributed by atoms with van der Waals surface area (Å²) in [6.45, 7) is 5.25. The molecule has 3 unspecified atom stereocenters. The Hall–Kier alpha value is -0.900. The molecule has 3 aliphatic rings. The first-order valence-corrected chi connectivity index (χ1v) is 7.15. The largest absolute Gasteiger partial charge is 0.297 e. The van der Waals surface area contributed by atoms with E-state index in [1.807, 2.05) is 0 Å². The van der Waals surface area contributed by atoms with Crippen LogP contribution in [-0.4, -0.2) is 35.3 Å². The van der Waals surface area contributed by atoms with E-state index >= 15 is 0 Å². The quantitative estimate of drug-likeness (QED) is 0.752.